The minimum absolute atomic E-state index is 0.0336. The van der Waals surface area contributed by atoms with Crippen LogP contribution in [0.2, 0.25) is 0 Å². The number of ether oxygens (including phenoxy) is 3. The number of likely N-dealkylation sites (tertiary alicyclic amines) is 1. The Morgan fingerprint density at radius 2 is 2.00 bits per heavy atom. The van der Waals surface area contributed by atoms with Gasteiger partial charge in [-0.15, -0.1) is 0 Å². The van der Waals surface area contributed by atoms with Gasteiger partial charge in [0.15, 0.2) is 12.4 Å². The standard InChI is InChI=1S/C17H22N4O4/c1-11-18-17(20-19-11)15-8-14(24-3)9-21(15)16(22)10-25-13-6-4-12(23-2)5-7-13/h4-7,14-15H,8-10H2,1-3H3,(H,18,19,20)/t14-,15-/m0/s1. The fourth-order valence-electron chi connectivity index (χ4n) is 2.90. The van der Waals surface area contributed by atoms with E-state index in [-0.39, 0.29) is 24.7 Å². The second-order valence-corrected chi connectivity index (χ2v) is 5.90. The van der Waals surface area contributed by atoms with Gasteiger partial charge in [0.1, 0.15) is 17.3 Å². The Balaban J connectivity index is 1.65. The fourth-order valence-corrected chi connectivity index (χ4v) is 2.90. The zero-order valence-electron chi connectivity index (χ0n) is 14.6. The molecule has 1 amide bonds. The summed E-state index contributed by atoms with van der Waals surface area (Å²) in [7, 11) is 3.25. The number of aromatic nitrogens is 3. The second-order valence-electron chi connectivity index (χ2n) is 5.90. The van der Waals surface area contributed by atoms with Crippen LogP contribution in [-0.2, 0) is 9.53 Å². The van der Waals surface area contributed by atoms with E-state index in [1.165, 1.54) is 0 Å². The van der Waals surface area contributed by atoms with Crippen molar-refractivity contribution < 1.29 is 19.0 Å². The normalized spacial score (nSPS) is 19.9. The summed E-state index contributed by atoms with van der Waals surface area (Å²) in [6.07, 6.45) is 0.635. The predicted octanol–water partition coefficient (Wildman–Crippen LogP) is 1.49. The zero-order valence-corrected chi connectivity index (χ0v) is 14.6. The van der Waals surface area contributed by atoms with Crippen molar-refractivity contribution >= 4 is 5.91 Å². The molecule has 3 rings (SSSR count). The number of rotatable bonds is 6. The third-order valence-electron chi connectivity index (χ3n) is 4.25. The molecule has 2 aromatic rings. The van der Waals surface area contributed by atoms with Crippen molar-refractivity contribution in [2.24, 2.45) is 0 Å². The van der Waals surface area contributed by atoms with Gasteiger partial charge in [0, 0.05) is 20.1 Å². The molecule has 25 heavy (non-hydrogen) atoms. The number of carbonyl (C=O) groups excluding carboxylic acids is 1. The highest BCUT2D eigenvalue weighted by atomic mass is 16.5. The molecule has 8 nitrogen and oxygen atoms in total. The third-order valence-corrected chi connectivity index (χ3v) is 4.25. The fraction of sp³-hybridized carbons (Fsp3) is 0.471. The maximum atomic E-state index is 12.6. The molecule has 0 saturated carbocycles. The Bertz CT molecular complexity index is 716. The molecule has 0 radical (unpaired) electrons. The van der Waals surface area contributed by atoms with Crippen molar-refractivity contribution in [1.29, 1.82) is 0 Å². The number of aromatic amines is 1. The van der Waals surface area contributed by atoms with E-state index in [9.17, 15) is 4.79 Å². The third kappa shape index (κ3) is 3.90. The molecule has 0 aliphatic carbocycles. The first-order valence-corrected chi connectivity index (χ1v) is 8.08. The summed E-state index contributed by atoms with van der Waals surface area (Å²) in [4.78, 5) is 18.7. The minimum atomic E-state index is -0.207. The summed E-state index contributed by atoms with van der Waals surface area (Å²) >= 11 is 0. The van der Waals surface area contributed by atoms with Crippen LogP contribution < -0.4 is 9.47 Å². The summed E-state index contributed by atoms with van der Waals surface area (Å²) in [5.74, 6) is 2.55. The lowest BCUT2D eigenvalue weighted by Gasteiger charge is -2.22. The molecule has 0 bridgehead atoms. The van der Waals surface area contributed by atoms with E-state index in [2.05, 4.69) is 15.2 Å². The van der Waals surface area contributed by atoms with Crippen LogP contribution >= 0.6 is 0 Å². The Kier molecular flexibility index (Phi) is 5.18. The average molecular weight is 346 g/mol. The summed E-state index contributed by atoms with van der Waals surface area (Å²) in [5, 5.41) is 7.02. The monoisotopic (exact) mass is 346 g/mol. The van der Waals surface area contributed by atoms with Gasteiger partial charge in [-0.25, -0.2) is 4.98 Å². The smallest absolute Gasteiger partial charge is 0.261 e. The number of methoxy groups -OCH3 is 2. The topological polar surface area (TPSA) is 89.6 Å². The van der Waals surface area contributed by atoms with E-state index in [0.29, 0.717) is 24.5 Å². The largest absolute Gasteiger partial charge is 0.497 e. The average Bonchev–Trinajstić information content (AvgIpc) is 3.26. The Morgan fingerprint density at radius 1 is 1.28 bits per heavy atom. The highest BCUT2D eigenvalue weighted by Crippen LogP contribution is 2.31. The lowest BCUT2D eigenvalue weighted by Crippen LogP contribution is -2.36. The summed E-state index contributed by atoms with van der Waals surface area (Å²) in [6.45, 7) is 2.28. The van der Waals surface area contributed by atoms with Crippen molar-refractivity contribution in [1.82, 2.24) is 20.1 Å². The summed E-state index contributed by atoms with van der Waals surface area (Å²) in [5.41, 5.74) is 0. The van der Waals surface area contributed by atoms with E-state index in [4.69, 9.17) is 14.2 Å². The SMILES string of the molecule is COc1ccc(OCC(=O)N2C[C@@H](OC)C[C@H]2c2n[nH]c(C)n2)cc1. The van der Waals surface area contributed by atoms with Crippen LogP contribution in [0.3, 0.4) is 0 Å². The van der Waals surface area contributed by atoms with Gasteiger partial charge in [0.2, 0.25) is 0 Å². The molecule has 1 N–H and O–H groups in total. The molecular weight excluding hydrogens is 324 g/mol. The molecule has 1 aliphatic rings. The van der Waals surface area contributed by atoms with Gasteiger partial charge in [-0.1, -0.05) is 0 Å². The highest BCUT2D eigenvalue weighted by molar-refractivity contribution is 5.78. The second kappa shape index (κ2) is 7.52. The molecule has 1 aromatic carbocycles. The van der Waals surface area contributed by atoms with Crippen molar-refractivity contribution in [3.8, 4) is 11.5 Å². The van der Waals surface area contributed by atoms with Crippen LogP contribution in [0, 0.1) is 6.92 Å². The molecule has 134 valence electrons. The molecular formula is C17H22N4O4. The van der Waals surface area contributed by atoms with Gasteiger partial charge >= 0.3 is 0 Å². The van der Waals surface area contributed by atoms with Gasteiger partial charge < -0.3 is 19.1 Å². The Morgan fingerprint density at radius 3 is 2.60 bits per heavy atom. The molecule has 2 atom stereocenters. The van der Waals surface area contributed by atoms with Crippen LogP contribution in [0.4, 0.5) is 0 Å². The lowest BCUT2D eigenvalue weighted by atomic mass is 10.2. The van der Waals surface area contributed by atoms with Crippen LogP contribution in [-0.4, -0.2) is 59.5 Å². The number of hydrogen-bond acceptors (Lipinski definition) is 6. The first kappa shape index (κ1) is 17.2. The number of benzene rings is 1. The Labute approximate surface area is 146 Å². The number of aryl methyl sites for hydroxylation is 1. The van der Waals surface area contributed by atoms with E-state index in [0.717, 1.165) is 11.6 Å². The van der Waals surface area contributed by atoms with E-state index >= 15 is 0 Å². The van der Waals surface area contributed by atoms with Crippen molar-refractivity contribution in [3.63, 3.8) is 0 Å². The van der Waals surface area contributed by atoms with Crippen LogP contribution in [0.5, 0.6) is 11.5 Å². The number of H-pyrrole nitrogens is 1. The molecule has 1 fully saturated rings. The minimum Gasteiger partial charge on any atom is -0.497 e. The van der Waals surface area contributed by atoms with Gasteiger partial charge in [0.05, 0.1) is 19.3 Å². The molecule has 0 spiro atoms. The first-order valence-electron chi connectivity index (χ1n) is 8.08. The maximum absolute atomic E-state index is 12.6. The van der Waals surface area contributed by atoms with Gasteiger partial charge in [-0.05, 0) is 31.2 Å². The summed E-state index contributed by atoms with van der Waals surface area (Å²) < 4.78 is 16.1. The van der Waals surface area contributed by atoms with E-state index < -0.39 is 0 Å². The number of nitrogens with zero attached hydrogens (tertiary/aromatic N) is 3. The molecule has 1 aliphatic heterocycles. The maximum Gasteiger partial charge on any atom is 0.261 e. The van der Waals surface area contributed by atoms with Gasteiger partial charge in [-0.2, -0.15) is 5.10 Å². The highest BCUT2D eigenvalue weighted by Gasteiger charge is 2.38. The summed E-state index contributed by atoms with van der Waals surface area (Å²) in [6, 6.07) is 6.90. The van der Waals surface area contributed by atoms with Gasteiger partial charge in [0.25, 0.3) is 5.91 Å². The Hall–Kier alpha value is -2.61. The number of carbonyl (C=O) groups is 1. The lowest BCUT2D eigenvalue weighted by molar-refractivity contribution is -0.134. The number of hydrogen-bond donors (Lipinski definition) is 1. The number of nitrogens with one attached hydrogen (secondary N) is 1. The quantitative estimate of drug-likeness (QED) is 0.852. The van der Waals surface area contributed by atoms with E-state index in [1.807, 2.05) is 6.92 Å². The molecule has 1 saturated heterocycles. The molecule has 2 heterocycles. The van der Waals surface area contributed by atoms with Crippen molar-refractivity contribution in [3.05, 3.63) is 35.9 Å². The molecule has 1 aromatic heterocycles. The van der Waals surface area contributed by atoms with Crippen molar-refractivity contribution in [2.75, 3.05) is 27.4 Å². The van der Waals surface area contributed by atoms with Crippen LogP contribution in [0.1, 0.15) is 24.1 Å². The van der Waals surface area contributed by atoms with E-state index in [1.54, 1.807) is 43.4 Å². The number of amides is 1. The molecule has 0 unspecified atom stereocenters. The van der Waals surface area contributed by atoms with Crippen LogP contribution in [0.25, 0.3) is 0 Å². The molecule has 8 heteroatoms. The first-order chi connectivity index (χ1) is 12.1. The zero-order chi connectivity index (χ0) is 17.8. The predicted molar refractivity (Wildman–Crippen MR) is 89.5 cm³/mol. The van der Waals surface area contributed by atoms with Crippen LogP contribution in [0.15, 0.2) is 24.3 Å². The van der Waals surface area contributed by atoms with Crippen molar-refractivity contribution in [2.45, 2.75) is 25.5 Å². The van der Waals surface area contributed by atoms with Gasteiger partial charge in [-0.3, -0.25) is 9.89 Å².